The van der Waals surface area contributed by atoms with Gasteiger partial charge in [-0.2, -0.15) is 11.8 Å². The number of hydrogen-bond acceptors (Lipinski definition) is 3. The number of rotatable bonds is 10. The number of hydrogen-bond donors (Lipinski definition) is 2. The molecule has 0 radical (unpaired) electrons. The average Bonchev–Trinajstić information content (AvgIpc) is 2.58. The lowest BCUT2D eigenvalue weighted by Crippen LogP contribution is -2.50. The van der Waals surface area contributed by atoms with E-state index < -0.39 is 6.04 Å². The molecule has 0 saturated carbocycles. The Morgan fingerprint density at radius 3 is 2.36 bits per heavy atom. The average molecular weight is 365 g/mol. The quantitative estimate of drug-likeness (QED) is 0.668. The van der Waals surface area contributed by atoms with E-state index in [9.17, 15) is 9.59 Å². The highest BCUT2D eigenvalue weighted by molar-refractivity contribution is 7.98. The molecule has 2 N–H and O–H groups in total. The topological polar surface area (TPSA) is 58.2 Å². The van der Waals surface area contributed by atoms with Crippen molar-refractivity contribution in [3.63, 3.8) is 0 Å². The van der Waals surface area contributed by atoms with Gasteiger partial charge in [0.25, 0.3) is 0 Å². The number of carbonyl (C=O) groups is 2. The van der Waals surface area contributed by atoms with Crippen molar-refractivity contribution < 1.29 is 9.59 Å². The molecule has 0 spiro atoms. The van der Waals surface area contributed by atoms with Crippen LogP contribution in [0.15, 0.2) is 30.3 Å². The fraction of sp³-hybridized carbons (Fsp3) is 0.600. The van der Waals surface area contributed by atoms with E-state index in [-0.39, 0.29) is 23.3 Å². The molecule has 0 fully saturated rings. The lowest BCUT2D eigenvalue weighted by Gasteiger charge is -2.30. The van der Waals surface area contributed by atoms with Gasteiger partial charge >= 0.3 is 0 Å². The summed E-state index contributed by atoms with van der Waals surface area (Å²) in [5.41, 5.74) is 1.23. The Morgan fingerprint density at radius 2 is 1.80 bits per heavy atom. The molecule has 140 valence electrons. The van der Waals surface area contributed by atoms with Gasteiger partial charge in [-0.25, -0.2) is 0 Å². The summed E-state index contributed by atoms with van der Waals surface area (Å²) in [5, 5.41) is 5.92. The molecule has 25 heavy (non-hydrogen) atoms. The van der Waals surface area contributed by atoms with Gasteiger partial charge in [-0.3, -0.25) is 9.59 Å². The van der Waals surface area contributed by atoms with E-state index >= 15 is 0 Å². The third kappa shape index (κ3) is 7.51. The molecule has 0 heterocycles. The second-order valence-electron chi connectivity index (χ2n) is 7.12. The van der Waals surface area contributed by atoms with E-state index in [0.717, 1.165) is 12.2 Å². The van der Waals surface area contributed by atoms with Crippen molar-refractivity contribution in [3.05, 3.63) is 35.9 Å². The number of benzene rings is 1. The Bertz CT molecular complexity index is 546. The summed E-state index contributed by atoms with van der Waals surface area (Å²) in [6, 6.07) is 9.91. The molecular formula is C20H32N2O2S. The van der Waals surface area contributed by atoms with Gasteiger partial charge in [-0.15, -0.1) is 0 Å². The number of thioether (sulfide) groups is 1. The minimum absolute atomic E-state index is 0.0259. The first kappa shape index (κ1) is 21.6. The number of nitrogens with one attached hydrogen (secondary N) is 2. The first-order chi connectivity index (χ1) is 11.8. The highest BCUT2D eigenvalue weighted by Crippen LogP contribution is 2.28. The molecule has 0 unspecified atom stereocenters. The van der Waals surface area contributed by atoms with Crippen molar-refractivity contribution in [2.24, 2.45) is 0 Å². The monoisotopic (exact) mass is 364 g/mol. The van der Waals surface area contributed by atoms with Crippen LogP contribution in [0.25, 0.3) is 0 Å². The molecule has 2 atom stereocenters. The smallest absolute Gasteiger partial charge is 0.242 e. The molecule has 5 heteroatoms. The molecule has 0 aliphatic rings. The predicted molar refractivity (Wildman–Crippen MR) is 107 cm³/mol. The molecule has 1 aromatic carbocycles. The van der Waals surface area contributed by atoms with Crippen LogP contribution >= 0.6 is 11.8 Å². The van der Waals surface area contributed by atoms with Gasteiger partial charge in [0.15, 0.2) is 0 Å². The van der Waals surface area contributed by atoms with Crippen LogP contribution in [0.2, 0.25) is 0 Å². The molecular weight excluding hydrogens is 332 g/mol. The van der Waals surface area contributed by atoms with Crippen LogP contribution in [-0.2, 0) is 15.0 Å². The zero-order chi connectivity index (χ0) is 18.9. The SMILES string of the molecule is CCC(=O)N[C@@H](CCSC)C(=O)N[C@H](C)CC(C)(C)c1ccccc1. The zero-order valence-corrected chi connectivity index (χ0v) is 16.9. The van der Waals surface area contributed by atoms with Gasteiger partial charge in [0.1, 0.15) is 6.04 Å². The van der Waals surface area contributed by atoms with Gasteiger partial charge in [0, 0.05) is 12.5 Å². The molecule has 0 bridgehead atoms. The van der Waals surface area contributed by atoms with Crippen LogP contribution < -0.4 is 10.6 Å². The second kappa shape index (κ2) is 10.5. The Hall–Kier alpha value is -1.49. The summed E-state index contributed by atoms with van der Waals surface area (Å²) in [6.45, 7) is 8.20. The van der Waals surface area contributed by atoms with Gasteiger partial charge < -0.3 is 10.6 Å². The molecule has 0 aromatic heterocycles. The van der Waals surface area contributed by atoms with Crippen LogP contribution in [0.4, 0.5) is 0 Å². The maximum atomic E-state index is 12.6. The summed E-state index contributed by atoms with van der Waals surface area (Å²) in [5.74, 6) is 0.664. The largest absolute Gasteiger partial charge is 0.352 e. The number of carbonyl (C=O) groups excluding carboxylic acids is 2. The summed E-state index contributed by atoms with van der Waals surface area (Å²) < 4.78 is 0. The van der Waals surface area contributed by atoms with Gasteiger partial charge in [0.2, 0.25) is 11.8 Å². The summed E-state index contributed by atoms with van der Waals surface area (Å²) >= 11 is 1.68. The van der Waals surface area contributed by atoms with E-state index in [4.69, 9.17) is 0 Å². The van der Waals surface area contributed by atoms with Crippen LogP contribution in [0.5, 0.6) is 0 Å². The zero-order valence-electron chi connectivity index (χ0n) is 16.1. The lowest BCUT2D eigenvalue weighted by atomic mass is 9.79. The van der Waals surface area contributed by atoms with Crippen molar-refractivity contribution >= 4 is 23.6 Å². The fourth-order valence-electron chi connectivity index (χ4n) is 2.97. The first-order valence-corrected chi connectivity index (χ1v) is 10.3. The highest BCUT2D eigenvalue weighted by atomic mass is 32.2. The Labute approximate surface area is 156 Å². The number of amides is 2. The van der Waals surface area contributed by atoms with Crippen molar-refractivity contribution in [2.75, 3.05) is 12.0 Å². The maximum Gasteiger partial charge on any atom is 0.242 e. The molecule has 1 rings (SSSR count). The molecule has 0 saturated heterocycles. The van der Waals surface area contributed by atoms with Gasteiger partial charge in [-0.05, 0) is 42.8 Å². The Kier molecular flexibility index (Phi) is 9.04. The second-order valence-corrected chi connectivity index (χ2v) is 8.10. The fourth-order valence-corrected chi connectivity index (χ4v) is 3.44. The van der Waals surface area contributed by atoms with Crippen LogP contribution in [0.1, 0.15) is 52.5 Å². The Balaban J connectivity index is 2.67. The van der Waals surface area contributed by atoms with Crippen LogP contribution in [-0.4, -0.2) is 35.9 Å². The van der Waals surface area contributed by atoms with Crippen LogP contribution in [0.3, 0.4) is 0 Å². The summed E-state index contributed by atoms with van der Waals surface area (Å²) in [4.78, 5) is 24.3. The van der Waals surface area contributed by atoms with Gasteiger partial charge in [-0.1, -0.05) is 51.1 Å². The molecule has 1 aromatic rings. The standard InChI is InChI=1S/C20H32N2O2S/c1-6-18(23)22-17(12-13-25-5)19(24)21-15(2)14-20(3,4)16-10-8-7-9-11-16/h7-11,15,17H,6,12-14H2,1-5H3,(H,21,24)(H,22,23)/t15-,17+/m1/s1. The van der Waals surface area contributed by atoms with Crippen molar-refractivity contribution in [3.8, 4) is 0 Å². The van der Waals surface area contributed by atoms with Crippen LogP contribution in [0, 0.1) is 0 Å². The normalized spacial score (nSPS) is 13.8. The molecule has 4 nitrogen and oxygen atoms in total. The highest BCUT2D eigenvalue weighted by Gasteiger charge is 2.26. The van der Waals surface area contributed by atoms with E-state index in [0.29, 0.717) is 12.8 Å². The maximum absolute atomic E-state index is 12.6. The minimum Gasteiger partial charge on any atom is -0.352 e. The van der Waals surface area contributed by atoms with Crippen molar-refractivity contribution in [1.82, 2.24) is 10.6 Å². The van der Waals surface area contributed by atoms with Gasteiger partial charge in [0.05, 0.1) is 0 Å². The molecule has 2 amide bonds. The summed E-state index contributed by atoms with van der Waals surface area (Å²) in [7, 11) is 0. The first-order valence-electron chi connectivity index (χ1n) is 8.94. The summed E-state index contributed by atoms with van der Waals surface area (Å²) in [6.07, 6.45) is 3.87. The van der Waals surface area contributed by atoms with E-state index in [1.807, 2.05) is 31.4 Å². The third-order valence-electron chi connectivity index (χ3n) is 4.34. The minimum atomic E-state index is -0.456. The Morgan fingerprint density at radius 1 is 1.16 bits per heavy atom. The molecule has 0 aliphatic carbocycles. The van der Waals surface area contributed by atoms with E-state index in [1.165, 1.54) is 5.56 Å². The lowest BCUT2D eigenvalue weighted by molar-refractivity contribution is -0.129. The third-order valence-corrected chi connectivity index (χ3v) is 4.99. The van der Waals surface area contributed by atoms with Crippen molar-refractivity contribution in [1.29, 1.82) is 0 Å². The predicted octanol–water partition coefficient (Wildman–Crippen LogP) is 3.51. The van der Waals surface area contributed by atoms with E-state index in [1.54, 1.807) is 18.7 Å². The molecule has 0 aliphatic heterocycles. The van der Waals surface area contributed by atoms with Crippen molar-refractivity contribution in [2.45, 2.75) is 64.5 Å². The van der Waals surface area contributed by atoms with E-state index in [2.05, 4.69) is 36.6 Å².